The van der Waals surface area contributed by atoms with E-state index in [-0.39, 0.29) is 16.2 Å². The van der Waals surface area contributed by atoms with Crippen molar-refractivity contribution in [3.8, 4) is 22.3 Å². The fourth-order valence-electron chi connectivity index (χ4n) is 14.7. The average molecular weight is 716 g/mol. The molecule has 0 N–H and O–H groups in total. The molecule has 0 heterocycles. The van der Waals surface area contributed by atoms with Crippen LogP contribution in [-0.4, -0.2) is 0 Å². The molecule has 7 aliphatic carbocycles. The van der Waals surface area contributed by atoms with Crippen molar-refractivity contribution in [3.05, 3.63) is 162 Å². The fraction of sp³-hybridized carbons (Fsp3) is 0.370. The van der Waals surface area contributed by atoms with Crippen LogP contribution in [0.25, 0.3) is 22.3 Å². The van der Waals surface area contributed by atoms with Crippen molar-refractivity contribution in [1.82, 2.24) is 0 Å². The molecule has 4 fully saturated rings. The second-order valence-corrected chi connectivity index (χ2v) is 20.0. The summed E-state index contributed by atoms with van der Waals surface area (Å²) >= 11 is 0. The molecule has 0 amide bonds. The van der Waals surface area contributed by atoms with Crippen LogP contribution in [0.5, 0.6) is 0 Å². The second kappa shape index (κ2) is 11.0. The summed E-state index contributed by atoms with van der Waals surface area (Å²) in [6.07, 6.45) is 18.3. The summed E-state index contributed by atoms with van der Waals surface area (Å²) in [5.41, 5.74) is 16.6. The number of hydrogen-bond donors (Lipinski definition) is 0. The van der Waals surface area contributed by atoms with Gasteiger partial charge in [0, 0.05) is 33.8 Å². The monoisotopic (exact) mass is 715 g/mol. The first kappa shape index (κ1) is 32.6. The summed E-state index contributed by atoms with van der Waals surface area (Å²) in [7, 11) is 0. The van der Waals surface area contributed by atoms with Gasteiger partial charge >= 0.3 is 0 Å². The molecule has 1 heteroatoms. The van der Waals surface area contributed by atoms with Crippen molar-refractivity contribution in [3.63, 3.8) is 0 Å². The minimum absolute atomic E-state index is 0.104. The normalized spacial score (nSPS) is 32.9. The van der Waals surface area contributed by atoms with Crippen LogP contribution < -0.4 is 4.90 Å². The predicted octanol–water partition coefficient (Wildman–Crippen LogP) is 14.0. The van der Waals surface area contributed by atoms with E-state index in [1.807, 2.05) is 0 Å². The summed E-state index contributed by atoms with van der Waals surface area (Å²) in [5, 5.41) is 0. The average Bonchev–Trinajstić information content (AvgIpc) is 3.85. The SMILES string of the molecule is CC1(C)CCC(C)(C)c2cc(N(c3ccccc3)c3c(-c4ccccc4)cc4c(c3-c3ccccc3)C3(C5C=CC=CC45)C4CC5CC6CC3C64C5)ccc21. The molecule has 2 bridgehead atoms. The highest BCUT2D eigenvalue weighted by Gasteiger charge is 2.86. The predicted molar refractivity (Wildman–Crippen MR) is 228 cm³/mol. The van der Waals surface area contributed by atoms with Crippen LogP contribution in [0.3, 0.4) is 0 Å². The largest absolute Gasteiger partial charge is 0.309 e. The number of fused-ring (bicyclic) bond motifs is 9. The first-order chi connectivity index (χ1) is 26.7. The zero-order valence-electron chi connectivity index (χ0n) is 32.9. The Labute approximate surface area is 328 Å². The van der Waals surface area contributed by atoms with Gasteiger partial charge in [0.05, 0.1) is 5.69 Å². The molecule has 1 nitrogen and oxygen atoms in total. The fourth-order valence-corrected chi connectivity index (χ4v) is 14.7. The number of para-hydroxylation sites is 1. The molecule has 12 rings (SSSR count). The van der Waals surface area contributed by atoms with E-state index in [1.165, 1.54) is 89.0 Å². The van der Waals surface area contributed by atoms with E-state index >= 15 is 0 Å². The van der Waals surface area contributed by atoms with Gasteiger partial charge in [-0.2, -0.15) is 0 Å². The number of anilines is 3. The first-order valence-corrected chi connectivity index (χ1v) is 21.4. The smallest absolute Gasteiger partial charge is 0.0621 e. The van der Waals surface area contributed by atoms with Gasteiger partial charge < -0.3 is 4.90 Å². The summed E-state index contributed by atoms with van der Waals surface area (Å²) in [6.45, 7) is 9.84. The molecule has 0 saturated heterocycles. The van der Waals surface area contributed by atoms with Crippen LogP contribution in [0.1, 0.15) is 94.4 Å². The number of allylic oxidation sites excluding steroid dienone is 4. The highest BCUT2D eigenvalue weighted by Crippen LogP contribution is 2.91. The molecule has 8 unspecified atom stereocenters. The van der Waals surface area contributed by atoms with E-state index in [4.69, 9.17) is 0 Å². The molecule has 4 saturated carbocycles. The van der Waals surface area contributed by atoms with Gasteiger partial charge in [-0.1, -0.05) is 137 Å². The summed E-state index contributed by atoms with van der Waals surface area (Å²) in [4.78, 5) is 2.68. The topological polar surface area (TPSA) is 3.24 Å². The second-order valence-electron chi connectivity index (χ2n) is 20.0. The third kappa shape index (κ3) is 4.05. The maximum absolute atomic E-state index is 2.69. The molecule has 0 radical (unpaired) electrons. The van der Waals surface area contributed by atoms with E-state index in [2.05, 4.69) is 172 Å². The minimum atomic E-state index is 0.104. The van der Waals surface area contributed by atoms with E-state index in [0.29, 0.717) is 17.3 Å². The van der Waals surface area contributed by atoms with Gasteiger partial charge in [-0.3, -0.25) is 0 Å². The van der Waals surface area contributed by atoms with Crippen LogP contribution in [0.2, 0.25) is 0 Å². The van der Waals surface area contributed by atoms with E-state index in [0.717, 1.165) is 23.7 Å². The lowest BCUT2D eigenvalue weighted by Crippen LogP contribution is -2.75. The Hall–Kier alpha value is -4.62. The Kier molecular flexibility index (Phi) is 6.54. The van der Waals surface area contributed by atoms with Crippen molar-refractivity contribution in [2.45, 2.75) is 88.4 Å². The maximum Gasteiger partial charge on any atom is 0.0621 e. The summed E-state index contributed by atoms with van der Waals surface area (Å²) in [6, 6.07) is 44.5. The van der Waals surface area contributed by atoms with E-state index in [9.17, 15) is 0 Å². The van der Waals surface area contributed by atoms with Gasteiger partial charge in [-0.25, -0.2) is 0 Å². The number of hydrogen-bond acceptors (Lipinski definition) is 1. The van der Waals surface area contributed by atoms with Gasteiger partial charge in [0.15, 0.2) is 0 Å². The van der Waals surface area contributed by atoms with Gasteiger partial charge in [0.2, 0.25) is 0 Å². The van der Waals surface area contributed by atoms with Crippen LogP contribution >= 0.6 is 0 Å². The van der Waals surface area contributed by atoms with Gasteiger partial charge in [-0.15, -0.1) is 0 Å². The van der Waals surface area contributed by atoms with Gasteiger partial charge in [0.25, 0.3) is 0 Å². The van der Waals surface area contributed by atoms with Gasteiger partial charge in [-0.05, 0) is 148 Å². The van der Waals surface area contributed by atoms with Crippen LogP contribution in [0.15, 0.2) is 140 Å². The van der Waals surface area contributed by atoms with Gasteiger partial charge in [0.1, 0.15) is 0 Å². The first-order valence-electron chi connectivity index (χ1n) is 21.4. The third-order valence-electron chi connectivity index (χ3n) is 16.8. The number of nitrogens with zero attached hydrogens (tertiary/aromatic N) is 1. The Morgan fingerprint density at radius 1 is 0.600 bits per heavy atom. The number of rotatable bonds is 5. The molecule has 8 atom stereocenters. The quantitative estimate of drug-likeness (QED) is 0.175. The molecule has 5 aromatic carbocycles. The molecule has 0 aromatic heterocycles. The Morgan fingerprint density at radius 2 is 1.25 bits per heavy atom. The molecule has 5 aromatic rings. The van der Waals surface area contributed by atoms with Crippen molar-refractivity contribution in [2.24, 2.45) is 35.0 Å². The standard InChI is InChI=1S/C54H53N/c1-51(2)26-27-52(3,4)45-31-39(24-25-44(45)51)55(38-20-12-7-13-21-38)50-41(35-16-8-5-9-17-35)32-42-40-22-14-15-23-43(40)54(49(42)48(50)36-18-10-6-11-19-36)46-29-34-28-37-30-47(54)53(37,46)33-34/h5-25,31-32,34,37,40,43,46-47H,26-30,33H2,1-4H3. The Morgan fingerprint density at radius 3 is 1.98 bits per heavy atom. The van der Waals surface area contributed by atoms with Crippen molar-refractivity contribution in [2.75, 3.05) is 4.90 Å². The molecule has 2 spiro atoms. The molecular formula is C54H53N. The van der Waals surface area contributed by atoms with E-state index < -0.39 is 0 Å². The van der Waals surface area contributed by atoms with E-state index in [1.54, 1.807) is 11.1 Å². The lowest BCUT2D eigenvalue weighted by Gasteiger charge is -2.78. The number of benzene rings is 5. The zero-order chi connectivity index (χ0) is 36.9. The lowest BCUT2D eigenvalue weighted by atomic mass is 9.25. The third-order valence-corrected chi connectivity index (χ3v) is 16.8. The van der Waals surface area contributed by atoms with Crippen molar-refractivity contribution in [1.29, 1.82) is 0 Å². The van der Waals surface area contributed by atoms with Crippen molar-refractivity contribution >= 4 is 17.1 Å². The molecule has 7 aliphatic rings. The minimum Gasteiger partial charge on any atom is -0.309 e. The molecular weight excluding hydrogens is 663 g/mol. The maximum atomic E-state index is 2.69. The molecule has 55 heavy (non-hydrogen) atoms. The zero-order valence-corrected chi connectivity index (χ0v) is 32.9. The van der Waals surface area contributed by atoms with Crippen molar-refractivity contribution < 1.29 is 0 Å². The summed E-state index contributed by atoms with van der Waals surface area (Å²) in [5.74, 6) is 4.38. The lowest BCUT2D eigenvalue weighted by molar-refractivity contribution is -0.259. The Bertz CT molecular complexity index is 2430. The Balaban J connectivity index is 1.22. The van der Waals surface area contributed by atoms with Crippen LogP contribution in [0, 0.1) is 35.0 Å². The molecule has 274 valence electrons. The highest BCUT2D eigenvalue weighted by atomic mass is 15.1. The van der Waals surface area contributed by atoms with Crippen LogP contribution in [0.4, 0.5) is 17.1 Å². The highest BCUT2D eigenvalue weighted by molar-refractivity contribution is 6.01. The summed E-state index contributed by atoms with van der Waals surface area (Å²) < 4.78 is 0. The van der Waals surface area contributed by atoms with Crippen LogP contribution in [-0.2, 0) is 16.2 Å². The molecule has 0 aliphatic heterocycles.